The summed E-state index contributed by atoms with van der Waals surface area (Å²) in [6.07, 6.45) is 0.864. The van der Waals surface area contributed by atoms with Gasteiger partial charge in [0, 0.05) is 24.0 Å². The monoisotopic (exact) mass is 412 g/mol. The lowest BCUT2D eigenvalue weighted by atomic mass is 10.1. The molecule has 0 spiro atoms. The zero-order chi connectivity index (χ0) is 19.7. The van der Waals surface area contributed by atoms with Crippen molar-refractivity contribution in [2.75, 3.05) is 26.0 Å². The van der Waals surface area contributed by atoms with E-state index in [1.807, 2.05) is 24.3 Å². The van der Waals surface area contributed by atoms with Gasteiger partial charge in [-0.2, -0.15) is 5.26 Å². The van der Waals surface area contributed by atoms with Crippen molar-refractivity contribution in [3.05, 3.63) is 45.1 Å². The second kappa shape index (κ2) is 7.95. The molecule has 0 radical (unpaired) electrons. The predicted molar refractivity (Wildman–Crippen MR) is 113 cm³/mol. The fraction of sp³-hybridized carbons (Fsp3) is 0.350. The number of hydrogen-bond donors (Lipinski definition) is 0. The molecule has 0 fully saturated rings. The number of hydrogen-bond acceptors (Lipinski definition) is 7. The number of fused-ring (bicyclic) bond motifs is 3. The molecule has 0 aliphatic carbocycles. The lowest BCUT2D eigenvalue weighted by molar-refractivity contribution is 0.272. The molecule has 6 nitrogen and oxygen atoms in total. The van der Waals surface area contributed by atoms with Crippen LogP contribution < -0.4 is 10.3 Å². The van der Waals surface area contributed by atoms with E-state index in [-0.39, 0.29) is 11.3 Å². The summed E-state index contributed by atoms with van der Waals surface area (Å²) in [5.41, 5.74) is 1.77. The van der Waals surface area contributed by atoms with Gasteiger partial charge in [-0.3, -0.25) is 14.3 Å². The fourth-order valence-electron chi connectivity index (χ4n) is 3.52. The van der Waals surface area contributed by atoms with Gasteiger partial charge in [-0.1, -0.05) is 24.8 Å². The van der Waals surface area contributed by atoms with Crippen LogP contribution in [0.2, 0.25) is 0 Å². The minimum Gasteiger partial charge on any atom is -0.497 e. The summed E-state index contributed by atoms with van der Waals surface area (Å²) in [7, 11) is 1.60. The second-order valence-corrected chi connectivity index (χ2v) is 8.51. The zero-order valence-corrected chi connectivity index (χ0v) is 17.4. The van der Waals surface area contributed by atoms with Gasteiger partial charge in [0.1, 0.15) is 10.6 Å². The summed E-state index contributed by atoms with van der Waals surface area (Å²) < 4.78 is 6.94. The SMILES string of the molecule is CCN1CCc2c(sc3nc(SCC#N)n(-c4cccc(OC)c4)c(=O)c23)C1. The Kier molecular flexibility index (Phi) is 5.40. The van der Waals surface area contributed by atoms with Crippen LogP contribution in [0.3, 0.4) is 0 Å². The Bertz CT molecular complexity index is 1130. The van der Waals surface area contributed by atoms with Crippen molar-refractivity contribution >= 4 is 33.3 Å². The van der Waals surface area contributed by atoms with Gasteiger partial charge in [0.2, 0.25) is 0 Å². The lowest BCUT2D eigenvalue weighted by Gasteiger charge is -2.25. The molecule has 0 bridgehead atoms. The number of ether oxygens (including phenoxy) is 1. The molecule has 0 N–H and O–H groups in total. The number of rotatable bonds is 5. The third-order valence-electron chi connectivity index (χ3n) is 4.95. The van der Waals surface area contributed by atoms with E-state index < -0.39 is 0 Å². The Morgan fingerprint density at radius 2 is 2.29 bits per heavy atom. The number of nitrogens with zero attached hydrogens (tertiary/aromatic N) is 4. The highest BCUT2D eigenvalue weighted by atomic mass is 32.2. The third kappa shape index (κ3) is 3.30. The van der Waals surface area contributed by atoms with Gasteiger partial charge < -0.3 is 4.74 Å². The number of aromatic nitrogens is 2. The number of likely N-dealkylation sites (N-methyl/N-ethyl adjacent to an activating group) is 1. The molecule has 0 saturated heterocycles. The Balaban J connectivity index is 1.95. The maximum absolute atomic E-state index is 13.6. The van der Waals surface area contributed by atoms with E-state index in [0.717, 1.165) is 41.8 Å². The molecule has 8 heteroatoms. The van der Waals surface area contributed by atoms with Crippen LogP contribution in [0.15, 0.2) is 34.2 Å². The van der Waals surface area contributed by atoms with Gasteiger partial charge >= 0.3 is 0 Å². The Hall–Kier alpha value is -2.34. The molecule has 3 heterocycles. The first-order valence-corrected chi connectivity index (χ1v) is 10.9. The summed E-state index contributed by atoms with van der Waals surface area (Å²) in [4.78, 5) is 22.7. The molecule has 4 rings (SSSR count). The minimum absolute atomic E-state index is 0.0684. The van der Waals surface area contributed by atoms with E-state index >= 15 is 0 Å². The summed E-state index contributed by atoms with van der Waals surface area (Å²) in [5.74, 6) is 0.906. The average Bonchev–Trinajstić information content (AvgIpc) is 3.09. The van der Waals surface area contributed by atoms with E-state index in [0.29, 0.717) is 16.6 Å². The van der Waals surface area contributed by atoms with Crippen molar-refractivity contribution in [3.8, 4) is 17.5 Å². The van der Waals surface area contributed by atoms with Crippen LogP contribution in [0, 0.1) is 11.3 Å². The number of thiophene rings is 1. The van der Waals surface area contributed by atoms with E-state index in [1.54, 1.807) is 23.0 Å². The van der Waals surface area contributed by atoms with Gasteiger partial charge in [0.25, 0.3) is 5.56 Å². The van der Waals surface area contributed by atoms with E-state index in [1.165, 1.54) is 16.6 Å². The molecule has 1 aliphatic rings. The molecule has 1 aliphatic heterocycles. The van der Waals surface area contributed by atoms with Gasteiger partial charge in [0.15, 0.2) is 5.16 Å². The minimum atomic E-state index is -0.0684. The summed E-state index contributed by atoms with van der Waals surface area (Å²) in [6, 6.07) is 9.51. The Morgan fingerprint density at radius 1 is 1.43 bits per heavy atom. The fourth-order valence-corrected chi connectivity index (χ4v) is 5.49. The van der Waals surface area contributed by atoms with Crippen molar-refractivity contribution in [1.29, 1.82) is 5.26 Å². The van der Waals surface area contributed by atoms with E-state index in [2.05, 4.69) is 17.9 Å². The maximum atomic E-state index is 13.6. The molecule has 144 valence electrons. The highest BCUT2D eigenvalue weighted by molar-refractivity contribution is 7.99. The first-order chi connectivity index (χ1) is 13.7. The van der Waals surface area contributed by atoms with E-state index in [9.17, 15) is 4.79 Å². The van der Waals surface area contributed by atoms with Crippen LogP contribution in [0.4, 0.5) is 0 Å². The number of nitriles is 1. The first-order valence-electron chi connectivity index (χ1n) is 9.10. The molecule has 0 saturated carbocycles. The van der Waals surface area contributed by atoms with Crippen LogP contribution in [0.1, 0.15) is 17.4 Å². The summed E-state index contributed by atoms with van der Waals surface area (Å²) in [6.45, 7) is 4.98. The molecule has 1 aromatic carbocycles. The van der Waals surface area contributed by atoms with Gasteiger partial charge in [-0.25, -0.2) is 4.98 Å². The van der Waals surface area contributed by atoms with Crippen LogP contribution in [-0.4, -0.2) is 40.4 Å². The highest BCUT2D eigenvalue weighted by Gasteiger charge is 2.25. The van der Waals surface area contributed by atoms with Crippen molar-refractivity contribution in [3.63, 3.8) is 0 Å². The van der Waals surface area contributed by atoms with Crippen LogP contribution >= 0.6 is 23.1 Å². The quantitative estimate of drug-likeness (QED) is 0.472. The van der Waals surface area contributed by atoms with Crippen LogP contribution in [-0.2, 0) is 13.0 Å². The largest absolute Gasteiger partial charge is 0.497 e. The molecule has 0 atom stereocenters. The molecule has 0 amide bonds. The molecule has 28 heavy (non-hydrogen) atoms. The van der Waals surface area contributed by atoms with Gasteiger partial charge in [0.05, 0.1) is 30.0 Å². The van der Waals surface area contributed by atoms with Crippen molar-refractivity contribution < 1.29 is 4.74 Å². The summed E-state index contributed by atoms with van der Waals surface area (Å²) in [5, 5.41) is 10.3. The van der Waals surface area contributed by atoms with Crippen LogP contribution in [0.5, 0.6) is 5.75 Å². The van der Waals surface area contributed by atoms with Crippen LogP contribution in [0.25, 0.3) is 15.9 Å². The molecule has 0 unspecified atom stereocenters. The lowest BCUT2D eigenvalue weighted by Crippen LogP contribution is -2.30. The maximum Gasteiger partial charge on any atom is 0.267 e. The number of thioether (sulfide) groups is 1. The zero-order valence-electron chi connectivity index (χ0n) is 15.8. The molecule has 3 aromatic rings. The van der Waals surface area contributed by atoms with Crippen molar-refractivity contribution in [1.82, 2.24) is 14.5 Å². The molecular weight excluding hydrogens is 392 g/mol. The first kappa shape index (κ1) is 19.0. The van der Waals surface area contributed by atoms with Crippen molar-refractivity contribution in [2.45, 2.75) is 25.0 Å². The van der Waals surface area contributed by atoms with Crippen molar-refractivity contribution in [2.24, 2.45) is 0 Å². The number of benzene rings is 1. The second-order valence-electron chi connectivity index (χ2n) is 6.49. The van der Waals surface area contributed by atoms with Gasteiger partial charge in [-0.05, 0) is 30.7 Å². The summed E-state index contributed by atoms with van der Waals surface area (Å²) >= 11 is 2.89. The standard InChI is InChI=1S/C20H20N4O2S2/c1-3-23-9-7-15-16(12-23)28-18-17(15)19(25)24(20(22-18)27-10-8-21)13-5-4-6-14(11-13)26-2/h4-6,11H,3,7,9-10,12H2,1-2H3. The Morgan fingerprint density at radius 3 is 3.04 bits per heavy atom. The third-order valence-corrected chi connectivity index (χ3v) is 6.86. The average molecular weight is 413 g/mol. The predicted octanol–water partition coefficient (Wildman–Crippen LogP) is 3.45. The normalized spacial score (nSPS) is 14.0. The Labute approximate surface area is 171 Å². The van der Waals surface area contributed by atoms with Gasteiger partial charge in [-0.15, -0.1) is 11.3 Å². The topological polar surface area (TPSA) is 71.2 Å². The molecular formula is C20H20N4O2S2. The number of methoxy groups -OCH3 is 1. The highest BCUT2D eigenvalue weighted by Crippen LogP contribution is 2.34. The molecule has 2 aromatic heterocycles. The van der Waals surface area contributed by atoms with E-state index in [4.69, 9.17) is 15.0 Å². The smallest absolute Gasteiger partial charge is 0.267 e.